The molecule has 1 amide bonds. The van der Waals surface area contributed by atoms with Crippen LogP contribution < -0.4 is 14.8 Å². The van der Waals surface area contributed by atoms with Gasteiger partial charge in [-0.3, -0.25) is 4.79 Å². The summed E-state index contributed by atoms with van der Waals surface area (Å²) in [5.41, 5.74) is 2.07. The van der Waals surface area contributed by atoms with Gasteiger partial charge in [0.1, 0.15) is 11.6 Å². The first kappa shape index (κ1) is 23.0. The molecule has 34 heavy (non-hydrogen) atoms. The number of hydrogen-bond donors (Lipinski definition) is 1. The van der Waals surface area contributed by atoms with Crippen LogP contribution in [-0.4, -0.2) is 34.4 Å². The van der Waals surface area contributed by atoms with E-state index >= 15 is 0 Å². The Kier molecular flexibility index (Phi) is 6.87. The van der Waals surface area contributed by atoms with E-state index in [0.29, 0.717) is 40.7 Å². The van der Waals surface area contributed by atoms with Crippen LogP contribution in [0.4, 0.5) is 10.1 Å². The predicted octanol–water partition coefficient (Wildman–Crippen LogP) is 5.37. The van der Waals surface area contributed by atoms with Gasteiger partial charge in [0.15, 0.2) is 5.82 Å². The molecule has 7 nitrogen and oxygen atoms in total. The van der Waals surface area contributed by atoms with Crippen LogP contribution in [0.3, 0.4) is 0 Å². The molecular weight excluding hydrogens is 435 g/mol. The van der Waals surface area contributed by atoms with Gasteiger partial charge in [-0.25, -0.2) is 9.07 Å². The van der Waals surface area contributed by atoms with Gasteiger partial charge < -0.3 is 14.8 Å². The first-order chi connectivity index (χ1) is 16.4. The number of anilines is 1. The summed E-state index contributed by atoms with van der Waals surface area (Å²) in [6, 6.07) is 20.4. The van der Waals surface area contributed by atoms with Crippen molar-refractivity contribution in [1.82, 2.24) is 14.8 Å². The smallest absolute Gasteiger partial charge is 0.336 e. The van der Waals surface area contributed by atoms with Crippen LogP contribution in [0, 0.1) is 11.7 Å². The molecule has 0 aliphatic rings. The van der Waals surface area contributed by atoms with Crippen LogP contribution >= 0.6 is 0 Å². The number of carbonyl (C=O) groups is 1. The van der Waals surface area contributed by atoms with Crippen molar-refractivity contribution >= 4 is 11.6 Å². The van der Waals surface area contributed by atoms with Gasteiger partial charge >= 0.3 is 6.01 Å². The van der Waals surface area contributed by atoms with Gasteiger partial charge in [-0.2, -0.15) is 4.98 Å². The van der Waals surface area contributed by atoms with E-state index in [2.05, 4.69) is 15.4 Å². The molecule has 1 N–H and O–H groups in total. The fraction of sp³-hybridized carbons (Fsp3) is 0.192. The molecule has 0 spiro atoms. The van der Waals surface area contributed by atoms with Crippen LogP contribution in [-0.2, 0) is 0 Å². The Morgan fingerprint density at radius 2 is 1.74 bits per heavy atom. The molecule has 4 rings (SSSR count). The number of nitrogens with zero attached hydrogens (tertiary/aromatic N) is 3. The van der Waals surface area contributed by atoms with Crippen molar-refractivity contribution in [2.75, 3.05) is 19.0 Å². The summed E-state index contributed by atoms with van der Waals surface area (Å²) < 4.78 is 26.9. The summed E-state index contributed by atoms with van der Waals surface area (Å²) >= 11 is 0. The number of amides is 1. The number of aromatic nitrogens is 3. The molecule has 0 radical (unpaired) electrons. The highest BCUT2D eigenvalue weighted by Gasteiger charge is 2.18. The largest absolute Gasteiger partial charge is 0.497 e. The molecule has 0 saturated carbocycles. The number of hydrogen-bond acceptors (Lipinski definition) is 5. The lowest BCUT2D eigenvalue weighted by Gasteiger charge is -2.09. The van der Waals surface area contributed by atoms with Crippen LogP contribution in [0.15, 0.2) is 72.8 Å². The molecule has 0 unspecified atom stereocenters. The van der Waals surface area contributed by atoms with Gasteiger partial charge in [-0.05, 0) is 66.6 Å². The van der Waals surface area contributed by atoms with Gasteiger partial charge in [0, 0.05) is 11.3 Å². The zero-order chi connectivity index (χ0) is 24.1. The molecule has 1 heterocycles. The van der Waals surface area contributed by atoms with E-state index in [1.807, 2.05) is 13.8 Å². The molecule has 174 valence electrons. The second-order valence-corrected chi connectivity index (χ2v) is 8.04. The normalized spacial score (nSPS) is 10.9. The third-order valence-corrected chi connectivity index (χ3v) is 4.97. The zero-order valence-corrected chi connectivity index (χ0v) is 19.2. The van der Waals surface area contributed by atoms with E-state index in [1.54, 1.807) is 73.8 Å². The van der Waals surface area contributed by atoms with Gasteiger partial charge in [0.2, 0.25) is 0 Å². The molecule has 4 aromatic rings. The Morgan fingerprint density at radius 1 is 1.03 bits per heavy atom. The minimum atomic E-state index is -0.407. The summed E-state index contributed by atoms with van der Waals surface area (Å²) in [4.78, 5) is 17.0. The maximum atomic E-state index is 14.5. The number of carbonyl (C=O) groups excluding carboxylic acids is 1. The minimum Gasteiger partial charge on any atom is -0.497 e. The quantitative estimate of drug-likeness (QED) is 0.383. The topological polar surface area (TPSA) is 78.3 Å². The molecule has 0 aliphatic heterocycles. The number of nitrogens with one attached hydrogen (secondary N) is 1. The lowest BCUT2D eigenvalue weighted by molar-refractivity contribution is 0.102. The SMILES string of the molecule is COc1ccc(C(=O)Nc2ccc(-n3nc(OCC(C)C)nc3-c3ccccc3F)cc2)cc1. The standard InChI is InChI=1S/C26H25FN4O3/c1-17(2)16-34-26-29-24(22-6-4-5-7-23(22)27)31(30-26)20-12-10-19(11-13-20)28-25(32)18-8-14-21(33-3)15-9-18/h4-15,17H,16H2,1-3H3,(H,28,32). The molecule has 0 bridgehead atoms. The molecule has 0 atom stereocenters. The van der Waals surface area contributed by atoms with Gasteiger partial charge in [-0.1, -0.05) is 26.0 Å². The number of methoxy groups -OCH3 is 1. The van der Waals surface area contributed by atoms with Gasteiger partial charge in [0.25, 0.3) is 5.91 Å². The van der Waals surface area contributed by atoms with E-state index < -0.39 is 5.82 Å². The zero-order valence-electron chi connectivity index (χ0n) is 19.2. The summed E-state index contributed by atoms with van der Waals surface area (Å²) in [5.74, 6) is 0.642. The molecule has 0 fully saturated rings. The first-order valence-electron chi connectivity index (χ1n) is 10.8. The molecule has 0 aliphatic carbocycles. The predicted molar refractivity (Wildman–Crippen MR) is 128 cm³/mol. The first-order valence-corrected chi connectivity index (χ1v) is 10.8. The third-order valence-electron chi connectivity index (χ3n) is 4.97. The van der Waals surface area contributed by atoms with Gasteiger partial charge in [0.05, 0.1) is 25.0 Å². The molecule has 8 heteroatoms. The summed E-state index contributed by atoms with van der Waals surface area (Å²) in [7, 11) is 1.57. The fourth-order valence-corrected chi connectivity index (χ4v) is 3.22. The summed E-state index contributed by atoms with van der Waals surface area (Å²) in [6.45, 7) is 4.48. The minimum absolute atomic E-state index is 0.170. The number of benzene rings is 3. The number of ether oxygens (including phenoxy) is 2. The maximum absolute atomic E-state index is 14.5. The molecule has 0 saturated heterocycles. The highest BCUT2D eigenvalue weighted by molar-refractivity contribution is 6.04. The Bertz CT molecular complexity index is 1270. The van der Waals surface area contributed by atoms with Crippen molar-refractivity contribution in [3.8, 4) is 28.8 Å². The lowest BCUT2D eigenvalue weighted by atomic mass is 10.2. The molecule has 3 aromatic carbocycles. The average Bonchev–Trinajstić information content (AvgIpc) is 3.27. The van der Waals surface area contributed by atoms with E-state index in [4.69, 9.17) is 9.47 Å². The monoisotopic (exact) mass is 460 g/mol. The molecule has 1 aromatic heterocycles. The lowest BCUT2D eigenvalue weighted by Crippen LogP contribution is -2.11. The maximum Gasteiger partial charge on any atom is 0.336 e. The van der Waals surface area contributed by atoms with Crippen LogP contribution in [0.2, 0.25) is 0 Å². The number of halogens is 1. The third kappa shape index (κ3) is 5.23. The van der Waals surface area contributed by atoms with Crippen LogP contribution in [0.1, 0.15) is 24.2 Å². The van der Waals surface area contributed by atoms with Crippen LogP contribution in [0.25, 0.3) is 17.1 Å². The Balaban J connectivity index is 1.59. The van der Waals surface area contributed by atoms with Crippen molar-refractivity contribution in [3.05, 3.63) is 84.2 Å². The highest BCUT2D eigenvalue weighted by atomic mass is 19.1. The fourth-order valence-electron chi connectivity index (χ4n) is 3.22. The van der Waals surface area contributed by atoms with Gasteiger partial charge in [-0.15, -0.1) is 5.10 Å². The van der Waals surface area contributed by atoms with Crippen molar-refractivity contribution in [2.24, 2.45) is 5.92 Å². The second kappa shape index (κ2) is 10.2. The van der Waals surface area contributed by atoms with Crippen molar-refractivity contribution in [3.63, 3.8) is 0 Å². The summed E-state index contributed by atoms with van der Waals surface area (Å²) in [6.07, 6.45) is 0. The van der Waals surface area contributed by atoms with E-state index in [0.717, 1.165) is 0 Å². The second-order valence-electron chi connectivity index (χ2n) is 8.04. The average molecular weight is 461 g/mol. The van der Waals surface area contributed by atoms with Crippen LogP contribution in [0.5, 0.6) is 11.8 Å². The van der Waals surface area contributed by atoms with E-state index in [-0.39, 0.29) is 17.8 Å². The van der Waals surface area contributed by atoms with Crippen molar-refractivity contribution in [1.29, 1.82) is 0 Å². The molecular formula is C26H25FN4O3. The van der Waals surface area contributed by atoms with Crippen molar-refractivity contribution < 1.29 is 18.7 Å². The highest BCUT2D eigenvalue weighted by Crippen LogP contribution is 2.26. The summed E-state index contributed by atoms with van der Waals surface area (Å²) in [5, 5.41) is 7.30. The Morgan fingerprint density at radius 3 is 2.38 bits per heavy atom. The number of rotatable bonds is 8. The Hall–Kier alpha value is -4.20. The Labute approximate surface area is 197 Å². The van der Waals surface area contributed by atoms with E-state index in [9.17, 15) is 9.18 Å². The van der Waals surface area contributed by atoms with Crippen molar-refractivity contribution in [2.45, 2.75) is 13.8 Å². The van der Waals surface area contributed by atoms with E-state index in [1.165, 1.54) is 10.7 Å².